The summed E-state index contributed by atoms with van der Waals surface area (Å²) in [5.74, 6) is 0.906. The Balaban J connectivity index is 2.65. The van der Waals surface area contributed by atoms with E-state index in [4.69, 9.17) is 0 Å². The molecular weight excluding hydrogens is 188 g/mol. The Hall–Kier alpha value is -0.570. The topological polar surface area (TPSA) is 32.3 Å². The predicted octanol–water partition coefficient (Wildman–Crippen LogP) is 1.63. The number of amides is 1. The predicted molar refractivity (Wildman–Crippen MR) is 62.7 cm³/mol. The van der Waals surface area contributed by atoms with Crippen molar-refractivity contribution in [2.24, 2.45) is 5.92 Å². The van der Waals surface area contributed by atoms with Crippen molar-refractivity contribution in [2.45, 2.75) is 46.1 Å². The van der Waals surface area contributed by atoms with Crippen LogP contribution in [0.25, 0.3) is 0 Å². The van der Waals surface area contributed by atoms with Crippen LogP contribution < -0.4 is 5.32 Å². The van der Waals surface area contributed by atoms with Gasteiger partial charge in [-0.15, -0.1) is 0 Å². The zero-order valence-corrected chi connectivity index (χ0v) is 10.5. The standard InChI is InChI=1S/C12H24N2O/c1-10(2)5-8-14-11(15)9-13-7-6-12(14,3)4/h10,13H,5-9H2,1-4H3. The second kappa shape index (κ2) is 4.97. The average Bonchev–Trinajstić information content (AvgIpc) is 2.22. The van der Waals surface area contributed by atoms with Crippen LogP contribution in [0.5, 0.6) is 0 Å². The highest BCUT2D eigenvalue weighted by molar-refractivity contribution is 5.79. The monoisotopic (exact) mass is 212 g/mol. The Morgan fingerprint density at radius 3 is 2.73 bits per heavy atom. The zero-order valence-electron chi connectivity index (χ0n) is 10.5. The second-order valence-electron chi connectivity index (χ2n) is 5.47. The van der Waals surface area contributed by atoms with Gasteiger partial charge in [-0.1, -0.05) is 13.8 Å². The highest BCUT2D eigenvalue weighted by atomic mass is 16.2. The summed E-state index contributed by atoms with van der Waals surface area (Å²) in [6.07, 6.45) is 2.13. The van der Waals surface area contributed by atoms with E-state index in [-0.39, 0.29) is 11.4 Å². The molecule has 0 aromatic carbocycles. The molecule has 1 fully saturated rings. The SMILES string of the molecule is CC(C)CCN1C(=O)CNCCC1(C)C. The Morgan fingerprint density at radius 2 is 2.13 bits per heavy atom. The van der Waals surface area contributed by atoms with Gasteiger partial charge in [-0.2, -0.15) is 0 Å². The van der Waals surface area contributed by atoms with Crippen molar-refractivity contribution in [3.63, 3.8) is 0 Å². The molecule has 1 aliphatic heterocycles. The lowest BCUT2D eigenvalue weighted by Gasteiger charge is -2.37. The molecule has 3 nitrogen and oxygen atoms in total. The van der Waals surface area contributed by atoms with Crippen LogP contribution in [0.3, 0.4) is 0 Å². The summed E-state index contributed by atoms with van der Waals surface area (Å²) in [6.45, 7) is 11.1. The summed E-state index contributed by atoms with van der Waals surface area (Å²) in [5, 5.41) is 3.18. The van der Waals surface area contributed by atoms with Gasteiger partial charge in [0.1, 0.15) is 0 Å². The normalized spacial score (nSPS) is 21.9. The quantitative estimate of drug-likeness (QED) is 0.771. The van der Waals surface area contributed by atoms with Crippen LogP contribution in [0.4, 0.5) is 0 Å². The van der Waals surface area contributed by atoms with Crippen LogP contribution in [0.1, 0.15) is 40.5 Å². The van der Waals surface area contributed by atoms with Gasteiger partial charge in [0.2, 0.25) is 5.91 Å². The summed E-state index contributed by atoms with van der Waals surface area (Å²) < 4.78 is 0. The molecule has 1 amide bonds. The third-order valence-electron chi connectivity index (χ3n) is 3.15. The highest BCUT2D eigenvalue weighted by Gasteiger charge is 2.32. The fraction of sp³-hybridized carbons (Fsp3) is 0.917. The summed E-state index contributed by atoms with van der Waals surface area (Å²) >= 11 is 0. The van der Waals surface area contributed by atoms with E-state index in [2.05, 4.69) is 33.0 Å². The minimum absolute atomic E-state index is 0.00940. The van der Waals surface area contributed by atoms with Crippen molar-refractivity contribution < 1.29 is 4.79 Å². The summed E-state index contributed by atoms with van der Waals surface area (Å²) in [5.41, 5.74) is 0.00940. The fourth-order valence-electron chi connectivity index (χ4n) is 1.97. The Morgan fingerprint density at radius 1 is 1.47 bits per heavy atom. The number of rotatable bonds is 3. The second-order valence-corrected chi connectivity index (χ2v) is 5.47. The van der Waals surface area contributed by atoms with Crippen LogP contribution >= 0.6 is 0 Å². The van der Waals surface area contributed by atoms with Crippen molar-refractivity contribution in [1.82, 2.24) is 10.2 Å². The van der Waals surface area contributed by atoms with Crippen LogP contribution in [0.2, 0.25) is 0 Å². The van der Waals surface area contributed by atoms with Gasteiger partial charge in [0, 0.05) is 12.1 Å². The van der Waals surface area contributed by atoms with E-state index in [0.29, 0.717) is 12.5 Å². The first-order valence-electron chi connectivity index (χ1n) is 5.94. The van der Waals surface area contributed by atoms with Crippen molar-refractivity contribution in [2.75, 3.05) is 19.6 Å². The van der Waals surface area contributed by atoms with E-state index in [9.17, 15) is 4.79 Å². The van der Waals surface area contributed by atoms with E-state index in [1.165, 1.54) is 0 Å². The molecule has 3 heteroatoms. The molecule has 0 atom stereocenters. The van der Waals surface area contributed by atoms with Crippen LogP contribution in [0, 0.1) is 5.92 Å². The lowest BCUT2D eigenvalue weighted by atomic mass is 9.97. The van der Waals surface area contributed by atoms with Crippen LogP contribution in [-0.2, 0) is 4.79 Å². The molecule has 1 heterocycles. The Kier molecular flexibility index (Phi) is 4.14. The Bertz CT molecular complexity index is 224. The number of hydrogen-bond acceptors (Lipinski definition) is 2. The zero-order chi connectivity index (χ0) is 11.5. The maximum atomic E-state index is 11.9. The number of hydrogen-bond donors (Lipinski definition) is 1. The van der Waals surface area contributed by atoms with Gasteiger partial charge in [0.25, 0.3) is 0 Å². The molecule has 1 N–H and O–H groups in total. The summed E-state index contributed by atoms with van der Waals surface area (Å²) in [4.78, 5) is 14.0. The maximum Gasteiger partial charge on any atom is 0.236 e. The molecule has 0 aromatic heterocycles. The molecule has 0 aliphatic carbocycles. The number of nitrogens with zero attached hydrogens (tertiary/aromatic N) is 1. The molecule has 0 saturated carbocycles. The van der Waals surface area contributed by atoms with Gasteiger partial charge < -0.3 is 10.2 Å². The number of carbonyl (C=O) groups excluding carboxylic acids is 1. The lowest BCUT2D eigenvalue weighted by molar-refractivity contribution is -0.134. The highest BCUT2D eigenvalue weighted by Crippen LogP contribution is 2.21. The molecule has 15 heavy (non-hydrogen) atoms. The Labute approximate surface area is 93.2 Å². The molecule has 0 bridgehead atoms. The summed E-state index contributed by atoms with van der Waals surface area (Å²) in [7, 11) is 0. The third kappa shape index (κ3) is 3.49. The molecule has 0 unspecified atom stereocenters. The van der Waals surface area contributed by atoms with Gasteiger partial charge in [0.15, 0.2) is 0 Å². The smallest absolute Gasteiger partial charge is 0.236 e. The molecule has 1 aliphatic rings. The lowest BCUT2D eigenvalue weighted by Crippen LogP contribution is -2.48. The number of nitrogens with one attached hydrogen (secondary N) is 1. The molecule has 88 valence electrons. The van der Waals surface area contributed by atoms with Crippen molar-refractivity contribution in [1.29, 1.82) is 0 Å². The third-order valence-corrected chi connectivity index (χ3v) is 3.15. The first kappa shape index (κ1) is 12.5. The minimum atomic E-state index is 0.00940. The molecule has 0 spiro atoms. The van der Waals surface area contributed by atoms with E-state index >= 15 is 0 Å². The summed E-state index contributed by atoms with van der Waals surface area (Å²) in [6, 6.07) is 0. The van der Waals surface area contributed by atoms with Crippen LogP contribution in [0.15, 0.2) is 0 Å². The molecular formula is C12H24N2O. The average molecular weight is 212 g/mol. The van der Waals surface area contributed by atoms with Gasteiger partial charge in [-0.25, -0.2) is 0 Å². The molecule has 0 radical (unpaired) electrons. The van der Waals surface area contributed by atoms with Crippen molar-refractivity contribution in [3.8, 4) is 0 Å². The van der Waals surface area contributed by atoms with Crippen molar-refractivity contribution in [3.05, 3.63) is 0 Å². The van der Waals surface area contributed by atoms with E-state index in [1.54, 1.807) is 0 Å². The van der Waals surface area contributed by atoms with E-state index in [0.717, 1.165) is 25.9 Å². The van der Waals surface area contributed by atoms with Gasteiger partial charge in [0.05, 0.1) is 6.54 Å². The van der Waals surface area contributed by atoms with E-state index < -0.39 is 0 Å². The molecule has 0 aromatic rings. The minimum Gasteiger partial charge on any atom is -0.336 e. The van der Waals surface area contributed by atoms with Gasteiger partial charge in [-0.3, -0.25) is 4.79 Å². The molecule has 1 saturated heterocycles. The first-order chi connectivity index (χ1) is 6.93. The maximum absolute atomic E-state index is 11.9. The van der Waals surface area contributed by atoms with Crippen molar-refractivity contribution >= 4 is 5.91 Å². The van der Waals surface area contributed by atoms with Crippen LogP contribution in [-0.4, -0.2) is 36.0 Å². The molecule has 1 rings (SSSR count). The number of carbonyl (C=O) groups is 1. The fourth-order valence-corrected chi connectivity index (χ4v) is 1.97. The largest absolute Gasteiger partial charge is 0.336 e. The van der Waals surface area contributed by atoms with Gasteiger partial charge >= 0.3 is 0 Å². The first-order valence-corrected chi connectivity index (χ1v) is 5.94. The van der Waals surface area contributed by atoms with E-state index in [1.807, 2.05) is 4.90 Å². The van der Waals surface area contributed by atoms with Gasteiger partial charge in [-0.05, 0) is 39.2 Å².